The average Bonchev–Trinajstić information content (AvgIpc) is 2.33. The Balaban J connectivity index is 2.29. The molecule has 0 spiro atoms. The van der Waals surface area contributed by atoms with E-state index in [0.717, 1.165) is 17.5 Å². The van der Waals surface area contributed by atoms with Gasteiger partial charge in [-0.25, -0.2) is 0 Å². The van der Waals surface area contributed by atoms with Crippen LogP contribution in [0.2, 0.25) is 0 Å². The van der Waals surface area contributed by atoms with Crippen molar-refractivity contribution in [2.45, 2.75) is 32.2 Å². The second kappa shape index (κ2) is 3.87. The van der Waals surface area contributed by atoms with E-state index in [0.29, 0.717) is 6.42 Å². The third-order valence-electron chi connectivity index (χ3n) is 4.44. The molecule has 3 heteroatoms. The summed E-state index contributed by atoms with van der Waals surface area (Å²) in [6.45, 7) is 4.12. The lowest BCUT2D eigenvalue weighted by atomic mass is 9.62. The van der Waals surface area contributed by atoms with Gasteiger partial charge in [-0.1, -0.05) is 23.8 Å². The van der Waals surface area contributed by atoms with Gasteiger partial charge in [-0.2, -0.15) is 0 Å². The molecule has 4 N–H and O–H groups in total. The highest BCUT2D eigenvalue weighted by Crippen LogP contribution is 2.51. The zero-order valence-electron chi connectivity index (χ0n) is 11.3. The van der Waals surface area contributed by atoms with E-state index < -0.39 is 5.54 Å². The van der Waals surface area contributed by atoms with Crippen molar-refractivity contribution in [2.75, 3.05) is 0 Å². The molecule has 0 fully saturated rings. The summed E-state index contributed by atoms with van der Waals surface area (Å²) in [6, 6.07) is 3.38. The Morgan fingerprint density at radius 2 is 2.11 bits per heavy atom. The molecule has 19 heavy (non-hydrogen) atoms. The number of rotatable bonds is 0. The van der Waals surface area contributed by atoms with Crippen LogP contribution in [0.25, 0.3) is 0 Å². The number of nitrogens with two attached hydrogens (primary N) is 1. The zero-order chi connectivity index (χ0) is 13.8. The number of hydrogen-bond donors (Lipinski definition) is 3. The molecular weight excluding hydrogens is 238 g/mol. The lowest BCUT2D eigenvalue weighted by Gasteiger charge is -2.45. The first kappa shape index (κ1) is 12.3. The molecule has 1 aromatic carbocycles. The van der Waals surface area contributed by atoms with Crippen LogP contribution in [-0.4, -0.2) is 10.2 Å². The Bertz CT molecular complexity index is 615. The Hall–Kier alpha value is -1.74. The highest BCUT2D eigenvalue weighted by molar-refractivity contribution is 5.58. The second-order valence-electron chi connectivity index (χ2n) is 5.68. The molecule has 0 radical (unpaired) electrons. The normalized spacial score (nSPS) is 31.0. The maximum Gasteiger partial charge on any atom is 0.161 e. The molecule has 0 amide bonds. The molecule has 1 unspecified atom stereocenters. The number of aromatic hydroxyl groups is 2. The van der Waals surface area contributed by atoms with Crippen molar-refractivity contribution in [3.05, 3.63) is 46.6 Å². The summed E-state index contributed by atoms with van der Waals surface area (Å²) in [7, 11) is 0. The van der Waals surface area contributed by atoms with Gasteiger partial charge in [-0.05, 0) is 43.9 Å². The molecular formula is C16H19NO2. The van der Waals surface area contributed by atoms with Gasteiger partial charge in [-0.15, -0.1) is 0 Å². The van der Waals surface area contributed by atoms with Crippen LogP contribution in [0.3, 0.4) is 0 Å². The molecule has 0 aliphatic heterocycles. The molecule has 3 rings (SSSR count). The van der Waals surface area contributed by atoms with Crippen molar-refractivity contribution in [1.29, 1.82) is 0 Å². The first-order valence-corrected chi connectivity index (χ1v) is 6.64. The Kier molecular flexibility index (Phi) is 2.51. The summed E-state index contributed by atoms with van der Waals surface area (Å²) in [4.78, 5) is 0. The molecule has 2 aliphatic rings. The fourth-order valence-electron chi connectivity index (χ4n) is 3.72. The third-order valence-corrected chi connectivity index (χ3v) is 4.44. The van der Waals surface area contributed by atoms with Gasteiger partial charge in [0.2, 0.25) is 0 Å². The van der Waals surface area contributed by atoms with E-state index in [-0.39, 0.29) is 17.4 Å². The lowest BCUT2D eigenvalue weighted by Crippen LogP contribution is -2.47. The standard InChI is InChI=1S/C16H19NO2/c1-3-12-10-6-9(2)8-16(12,17)13-4-5-14(18)15(19)11(13)7-10/h3-6,10,18-19H,7-8,17H2,1-2H3/b12-3+/t10?,16-/m1/s1. The van der Waals surface area contributed by atoms with Crippen LogP contribution in [0, 0.1) is 5.92 Å². The predicted molar refractivity (Wildman–Crippen MR) is 75.0 cm³/mol. The van der Waals surface area contributed by atoms with Crippen LogP contribution < -0.4 is 5.73 Å². The number of hydrogen-bond acceptors (Lipinski definition) is 3. The fourth-order valence-corrected chi connectivity index (χ4v) is 3.72. The number of benzene rings is 1. The second-order valence-corrected chi connectivity index (χ2v) is 5.68. The highest BCUT2D eigenvalue weighted by atomic mass is 16.3. The largest absolute Gasteiger partial charge is 0.504 e. The SMILES string of the molecule is C/C=C1\C2C=C(C)C[C@]1(N)c1ccc(O)c(O)c1C2. The molecule has 3 nitrogen and oxygen atoms in total. The van der Waals surface area contributed by atoms with Gasteiger partial charge in [0.05, 0.1) is 5.54 Å². The number of phenolic OH excluding ortho intramolecular Hbond substituents is 2. The van der Waals surface area contributed by atoms with Gasteiger partial charge in [0.25, 0.3) is 0 Å². The van der Waals surface area contributed by atoms with Gasteiger partial charge < -0.3 is 15.9 Å². The summed E-state index contributed by atoms with van der Waals surface area (Å²) in [6.07, 6.45) is 5.79. The molecule has 0 aromatic heterocycles. The summed E-state index contributed by atoms with van der Waals surface area (Å²) in [5.74, 6) is 0.148. The summed E-state index contributed by atoms with van der Waals surface area (Å²) in [5.41, 5.74) is 10.4. The fraction of sp³-hybridized carbons (Fsp3) is 0.375. The van der Waals surface area contributed by atoms with Gasteiger partial charge in [0.1, 0.15) is 0 Å². The number of allylic oxidation sites excluding steroid dienone is 2. The predicted octanol–water partition coefficient (Wildman–Crippen LogP) is 2.72. The van der Waals surface area contributed by atoms with Crippen molar-refractivity contribution in [3.8, 4) is 11.5 Å². The molecule has 2 atom stereocenters. The maximum absolute atomic E-state index is 10.1. The quantitative estimate of drug-likeness (QED) is 0.494. The molecule has 2 aliphatic carbocycles. The zero-order valence-corrected chi connectivity index (χ0v) is 11.3. The average molecular weight is 257 g/mol. The molecule has 0 heterocycles. The summed E-state index contributed by atoms with van der Waals surface area (Å²) in [5, 5.41) is 19.8. The van der Waals surface area contributed by atoms with E-state index in [1.165, 1.54) is 17.2 Å². The van der Waals surface area contributed by atoms with Crippen molar-refractivity contribution >= 4 is 0 Å². The molecule has 0 saturated carbocycles. The van der Waals surface area contributed by atoms with Crippen molar-refractivity contribution < 1.29 is 10.2 Å². The first-order valence-electron chi connectivity index (χ1n) is 6.64. The highest BCUT2D eigenvalue weighted by Gasteiger charge is 2.44. The van der Waals surface area contributed by atoms with E-state index in [9.17, 15) is 10.2 Å². The minimum absolute atomic E-state index is 0.0135. The van der Waals surface area contributed by atoms with Crippen LogP contribution in [0.5, 0.6) is 11.5 Å². The Morgan fingerprint density at radius 1 is 1.37 bits per heavy atom. The summed E-state index contributed by atoms with van der Waals surface area (Å²) < 4.78 is 0. The minimum Gasteiger partial charge on any atom is -0.504 e. The van der Waals surface area contributed by atoms with Crippen molar-refractivity contribution in [2.24, 2.45) is 11.7 Å². The van der Waals surface area contributed by atoms with Crippen LogP contribution in [0.1, 0.15) is 31.4 Å². The monoisotopic (exact) mass is 257 g/mol. The van der Waals surface area contributed by atoms with Gasteiger partial charge >= 0.3 is 0 Å². The molecule has 100 valence electrons. The van der Waals surface area contributed by atoms with E-state index in [1.54, 1.807) is 0 Å². The lowest BCUT2D eigenvalue weighted by molar-refractivity contribution is 0.373. The topological polar surface area (TPSA) is 66.5 Å². The van der Waals surface area contributed by atoms with E-state index >= 15 is 0 Å². The van der Waals surface area contributed by atoms with E-state index in [4.69, 9.17) is 5.73 Å². The van der Waals surface area contributed by atoms with Crippen molar-refractivity contribution in [3.63, 3.8) is 0 Å². The number of phenols is 2. The van der Waals surface area contributed by atoms with Crippen LogP contribution >= 0.6 is 0 Å². The third kappa shape index (κ3) is 1.55. The minimum atomic E-state index is -0.545. The smallest absolute Gasteiger partial charge is 0.161 e. The number of fused-ring (bicyclic) bond motifs is 4. The molecule has 0 saturated heterocycles. The Labute approximate surface area is 113 Å². The van der Waals surface area contributed by atoms with Crippen LogP contribution in [-0.2, 0) is 12.0 Å². The molecule has 1 aromatic rings. The van der Waals surface area contributed by atoms with Gasteiger partial charge in [0, 0.05) is 11.5 Å². The Morgan fingerprint density at radius 3 is 2.79 bits per heavy atom. The van der Waals surface area contributed by atoms with E-state index in [1.807, 2.05) is 13.0 Å². The van der Waals surface area contributed by atoms with Gasteiger partial charge in [0.15, 0.2) is 11.5 Å². The van der Waals surface area contributed by atoms with Gasteiger partial charge in [-0.3, -0.25) is 0 Å². The molecule has 2 bridgehead atoms. The first-order chi connectivity index (χ1) is 8.97. The van der Waals surface area contributed by atoms with Crippen LogP contribution in [0.15, 0.2) is 35.4 Å². The maximum atomic E-state index is 10.1. The summed E-state index contributed by atoms with van der Waals surface area (Å²) >= 11 is 0. The van der Waals surface area contributed by atoms with Crippen molar-refractivity contribution in [1.82, 2.24) is 0 Å². The van der Waals surface area contributed by atoms with E-state index in [2.05, 4.69) is 19.1 Å². The van der Waals surface area contributed by atoms with Crippen LogP contribution in [0.4, 0.5) is 0 Å².